The van der Waals surface area contributed by atoms with Crippen LogP contribution in [0.1, 0.15) is 52.4 Å². The predicted octanol–water partition coefficient (Wildman–Crippen LogP) is 2.77. The second-order valence-electron chi connectivity index (χ2n) is 3.19. The van der Waals surface area contributed by atoms with Crippen molar-refractivity contribution in [2.75, 3.05) is 0 Å². The Labute approximate surface area is 71.5 Å². The van der Waals surface area contributed by atoms with E-state index < -0.39 is 0 Å². The molecule has 0 saturated heterocycles. The van der Waals surface area contributed by atoms with Gasteiger partial charge in [-0.25, -0.2) is 0 Å². The van der Waals surface area contributed by atoms with Crippen molar-refractivity contribution in [2.24, 2.45) is 0 Å². The molecule has 1 radical (unpaired) electrons. The van der Waals surface area contributed by atoms with Crippen molar-refractivity contribution in [2.45, 2.75) is 58.2 Å². The highest BCUT2D eigenvalue weighted by Gasteiger charge is 2.07. The van der Waals surface area contributed by atoms with E-state index >= 15 is 0 Å². The van der Waals surface area contributed by atoms with Crippen LogP contribution in [-0.2, 0) is 0 Å². The molecular formula is C9H20BO. The summed E-state index contributed by atoms with van der Waals surface area (Å²) >= 11 is 0. The van der Waals surface area contributed by atoms with Crippen LogP contribution >= 0.6 is 0 Å². The Bertz CT molecular complexity index is 68.0. The Balaban J connectivity index is 3.25. The molecule has 0 bridgehead atoms. The molecule has 0 aliphatic carbocycles. The zero-order valence-corrected chi connectivity index (χ0v) is 7.84. The Morgan fingerprint density at radius 1 is 1.09 bits per heavy atom. The molecule has 0 rings (SSSR count). The molecule has 11 heavy (non-hydrogen) atoms. The lowest BCUT2D eigenvalue weighted by Crippen LogP contribution is -2.02. The van der Waals surface area contributed by atoms with E-state index in [1.54, 1.807) is 0 Å². The van der Waals surface area contributed by atoms with Gasteiger partial charge < -0.3 is 5.02 Å². The molecule has 0 fully saturated rings. The third-order valence-electron chi connectivity index (χ3n) is 2.07. The van der Waals surface area contributed by atoms with E-state index in [-0.39, 0.29) is 0 Å². The monoisotopic (exact) mass is 155 g/mol. The fourth-order valence-electron chi connectivity index (χ4n) is 1.23. The largest absolute Gasteiger partial charge is 0.454 e. The molecule has 0 aliphatic rings. The highest BCUT2D eigenvalue weighted by atomic mass is 16.2. The molecule has 0 spiro atoms. The molecule has 65 valence electrons. The molecule has 0 saturated carbocycles. The summed E-state index contributed by atoms with van der Waals surface area (Å²) in [6.07, 6.45) is 7.27. The molecule has 0 heterocycles. The summed E-state index contributed by atoms with van der Waals surface area (Å²) in [5.74, 6) is 0.454. The lowest BCUT2D eigenvalue weighted by Gasteiger charge is -2.10. The van der Waals surface area contributed by atoms with Crippen molar-refractivity contribution in [3.05, 3.63) is 0 Å². The van der Waals surface area contributed by atoms with Gasteiger partial charge in [-0.15, -0.1) is 0 Å². The van der Waals surface area contributed by atoms with Gasteiger partial charge in [0.15, 0.2) is 0 Å². The molecule has 0 aliphatic heterocycles. The minimum Gasteiger partial charge on any atom is -0.454 e. The molecule has 0 amide bonds. The van der Waals surface area contributed by atoms with Crippen molar-refractivity contribution < 1.29 is 5.02 Å². The van der Waals surface area contributed by atoms with Crippen LogP contribution in [0.4, 0.5) is 0 Å². The smallest absolute Gasteiger partial charge is 0.290 e. The molecule has 0 aromatic heterocycles. The molecular weight excluding hydrogens is 135 g/mol. The third kappa shape index (κ3) is 6.42. The van der Waals surface area contributed by atoms with E-state index in [0.29, 0.717) is 5.82 Å². The van der Waals surface area contributed by atoms with Crippen LogP contribution in [0.2, 0.25) is 5.82 Å². The van der Waals surface area contributed by atoms with Gasteiger partial charge in [0.05, 0.1) is 0 Å². The van der Waals surface area contributed by atoms with E-state index in [0.717, 1.165) is 12.8 Å². The van der Waals surface area contributed by atoms with Gasteiger partial charge in [-0.1, -0.05) is 52.4 Å². The molecule has 0 aromatic rings. The van der Waals surface area contributed by atoms with Crippen LogP contribution in [0.5, 0.6) is 0 Å². The van der Waals surface area contributed by atoms with E-state index in [1.165, 1.54) is 33.2 Å². The topological polar surface area (TPSA) is 20.2 Å². The van der Waals surface area contributed by atoms with Crippen molar-refractivity contribution in [1.82, 2.24) is 0 Å². The fourth-order valence-corrected chi connectivity index (χ4v) is 1.23. The van der Waals surface area contributed by atoms with Gasteiger partial charge in [0.1, 0.15) is 0 Å². The quantitative estimate of drug-likeness (QED) is 0.560. The maximum absolute atomic E-state index is 8.85. The molecule has 0 aromatic carbocycles. The molecule has 0 atom stereocenters. The average Bonchev–Trinajstić information content (AvgIpc) is 2.05. The van der Waals surface area contributed by atoms with Crippen LogP contribution in [0.15, 0.2) is 0 Å². The Morgan fingerprint density at radius 3 is 1.82 bits per heavy atom. The van der Waals surface area contributed by atoms with E-state index in [4.69, 9.17) is 5.02 Å². The lowest BCUT2D eigenvalue weighted by molar-refractivity contribution is 0.523. The summed E-state index contributed by atoms with van der Waals surface area (Å²) < 4.78 is 0. The number of rotatable bonds is 7. The van der Waals surface area contributed by atoms with Gasteiger partial charge in [-0.3, -0.25) is 0 Å². The first-order valence-corrected chi connectivity index (χ1v) is 4.82. The van der Waals surface area contributed by atoms with Gasteiger partial charge in [-0.05, 0) is 5.82 Å². The Kier molecular flexibility index (Phi) is 8.14. The average molecular weight is 155 g/mol. The van der Waals surface area contributed by atoms with Crippen LogP contribution in [0.25, 0.3) is 0 Å². The summed E-state index contributed by atoms with van der Waals surface area (Å²) in [5.41, 5.74) is 0. The molecule has 2 heteroatoms. The maximum Gasteiger partial charge on any atom is 0.290 e. The standard InChI is InChI=1S/C9H20BO/c1-3-5-7-9(10-11)8-6-4-2/h9,11H,3-8H2,1-2H3. The Morgan fingerprint density at radius 2 is 1.55 bits per heavy atom. The minimum atomic E-state index is 0.454. The summed E-state index contributed by atoms with van der Waals surface area (Å²) in [6.45, 7) is 4.38. The van der Waals surface area contributed by atoms with Crippen molar-refractivity contribution in [3.63, 3.8) is 0 Å². The van der Waals surface area contributed by atoms with Crippen molar-refractivity contribution in [1.29, 1.82) is 0 Å². The van der Waals surface area contributed by atoms with Gasteiger partial charge in [0.2, 0.25) is 0 Å². The summed E-state index contributed by atoms with van der Waals surface area (Å²) in [4.78, 5) is 0. The molecule has 1 N–H and O–H groups in total. The highest BCUT2D eigenvalue weighted by molar-refractivity contribution is 6.27. The number of hydrogen-bond donors (Lipinski definition) is 1. The van der Waals surface area contributed by atoms with E-state index in [9.17, 15) is 0 Å². The maximum atomic E-state index is 8.85. The van der Waals surface area contributed by atoms with Crippen LogP contribution in [-0.4, -0.2) is 12.5 Å². The summed E-state index contributed by atoms with van der Waals surface area (Å²) in [7, 11) is 1.38. The second-order valence-corrected chi connectivity index (χ2v) is 3.19. The summed E-state index contributed by atoms with van der Waals surface area (Å²) in [5, 5.41) is 8.85. The van der Waals surface area contributed by atoms with Gasteiger partial charge in [0, 0.05) is 0 Å². The first-order chi connectivity index (χ1) is 5.35. The minimum absolute atomic E-state index is 0.454. The van der Waals surface area contributed by atoms with Gasteiger partial charge in [-0.2, -0.15) is 0 Å². The first-order valence-electron chi connectivity index (χ1n) is 4.82. The number of unbranched alkanes of at least 4 members (excludes halogenated alkanes) is 2. The van der Waals surface area contributed by atoms with Crippen LogP contribution < -0.4 is 0 Å². The number of hydrogen-bond acceptors (Lipinski definition) is 1. The fraction of sp³-hybridized carbons (Fsp3) is 1.00. The summed E-state index contributed by atoms with van der Waals surface area (Å²) in [6, 6.07) is 0. The molecule has 0 unspecified atom stereocenters. The van der Waals surface area contributed by atoms with Gasteiger partial charge in [0.25, 0.3) is 7.48 Å². The van der Waals surface area contributed by atoms with E-state index in [2.05, 4.69) is 13.8 Å². The molecule has 1 nitrogen and oxygen atoms in total. The highest BCUT2D eigenvalue weighted by Crippen LogP contribution is 2.19. The zero-order chi connectivity index (χ0) is 8.53. The van der Waals surface area contributed by atoms with Crippen LogP contribution in [0, 0.1) is 0 Å². The second kappa shape index (κ2) is 8.12. The van der Waals surface area contributed by atoms with Gasteiger partial charge >= 0.3 is 0 Å². The third-order valence-corrected chi connectivity index (χ3v) is 2.07. The predicted molar refractivity (Wildman–Crippen MR) is 50.8 cm³/mol. The van der Waals surface area contributed by atoms with Crippen LogP contribution in [0.3, 0.4) is 0 Å². The van der Waals surface area contributed by atoms with Crippen molar-refractivity contribution in [3.8, 4) is 0 Å². The Hall–Kier alpha value is 0.0249. The zero-order valence-electron chi connectivity index (χ0n) is 7.84. The van der Waals surface area contributed by atoms with Crippen molar-refractivity contribution >= 4 is 7.48 Å². The lowest BCUT2D eigenvalue weighted by atomic mass is 9.74. The first kappa shape index (κ1) is 11.0. The normalized spacial score (nSPS) is 10.5. The SMILES string of the molecule is CCCCC([B]O)CCCC. The van der Waals surface area contributed by atoms with E-state index in [1.807, 2.05) is 0 Å².